The van der Waals surface area contributed by atoms with Gasteiger partial charge in [-0.3, -0.25) is 0 Å². The van der Waals surface area contributed by atoms with Gasteiger partial charge >= 0.3 is 10.3 Å². The van der Waals surface area contributed by atoms with E-state index in [0.29, 0.717) is 5.02 Å². The van der Waals surface area contributed by atoms with Crippen LogP contribution in [0.15, 0.2) is 48.5 Å². The molecule has 2 rings (SSSR count). The highest BCUT2D eigenvalue weighted by Crippen LogP contribution is 2.25. The molecule has 0 bridgehead atoms. The van der Waals surface area contributed by atoms with Gasteiger partial charge in [-0.2, -0.15) is 13.1 Å². The van der Waals surface area contributed by atoms with Gasteiger partial charge in [0.15, 0.2) is 11.5 Å². The molecule has 0 aliphatic heterocycles. The molecule has 20 heavy (non-hydrogen) atoms. The van der Waals surface area contributed by atoms with Crippen molar-refractivity contribution >= 4 is 21.9 Å². The Bertz CT molecular complexity index is 686. The summed E-state index contributed by atoms with van der Waals surface area (Å²) in [6.45, 7) is 0.0626. The molecule has 0 unspecified atom stereocenters. The average Bonchev–Trinajstić information content (AvgIpc) is 2.41. The zero-order valence-corrected chi connectivity index (χ0v) is 11.9. The highest BCUT2D eigenvalue weighted by Gasteiger charge is 2.14. The van der Waals surface area contributed by atoms with E-state index in [2.05, 4.69) is 4.72 Å². The molecule has 0 saturated carbocycles. The van der Waals surface area contributed by atoms with Crippen LogP contribution in [0.5, 0.6) is 11.5 Å². The van der Waals surface area contributed by atoms with Crippen molar-refractivity contribution in [1.29, 1.82) is 0 Å². The van der Waals surface area contributed by atoms with E-state index in [-0.39, 0.29) is 18.0 Å². The van der Waals surface area contributed by atoms with E-state index in [1.807, 2.05) is 0 Å². The lowest BCUT2D eigenvalue weighted by molar-refractivity contribution is 0.422. The number of halogens is 1. The van der Waals surface area contributed by atoms with Gasteiger partial charge in [0.25, 0.3) is 0 Å². The van der Waals surface area contributed by atoms with E-state index in [0.717, 1.165) is 5.56 Å². The molecule has 0 amide bonds. The number of hydrogen-bond acceptors (Lipinski definition) is 4. The smallest absolute Gasteiger partial charge is 0.383 e. The molecular weight excluding hydrogens is 302 g/mol. The van der Waals surface area contributed by atoms with Crippen molar-refractivity contribution in [1.82, 2.24) is 4.72 Å². The zero-order chi connectivity index (χ0) is 14.6. The molecule has 0 saturated heterocycles. The second kappa shape index (κ2) is 6.13. The Morgan fingerprint density at radius 2 is 1.75 bits per heavy atom. The number of para-hydroxylation sites is 2. The van der Waals surface area contributed by atoms with Gasteiger partial charge in [0.1, 0.15) is 0 Å². The summed E-state index contributed by atoms with van der Waals surface area (Å²) < 4.78 is 30.5. The van der Waals surface area contributed by atoms with Crippen LogP contribution in [-0.2, 0) is 16.8 Å². The van der Waals surface area contributed by atoms with Crippen molar-refractivity contribution in [3.63, 3.8) is 0 Å². The fourth-order valence-electron chi connectivity index (χ4n) is 1.45. The van der Waals surface area contributed by atoms with Gasteiger partial charge in [-0.1, -0.05) is 35.9 Å². The van der Waals surface area contributed by atoms with Gasteiger partial charge in [-0.05, 0) is 29.8 Å². The van der Waals surface area contributed by atoms with Crippen LogP contribution in [0.2, 0.25) is 5.02 Å². The highest BCUT2D eigenvalue weighted by molar-refractivity contribution is 7.85. The summed E-state index contributed by atoms with van der Waals surface area (Å²) in [5.74, 6) is -0.375. The fourth-order valence-corrected chi connectivity index (χ4v) is 2.35. The van der Waals surface area contributed by atoms with Crippen LogP contribution in [-0.4, -0.2) is 13.5 Å². The Balaban J connectivity index is 2.01. The Kier molecular flexibility index (Phi) is 4.49. The third-order valence-corrected chi connectivity index (χ3v) is 3.58. The minimum atomic E-state index is -4.01. The third kappa shape index (κ3) is 4.12. The minimum absolute atomic E-state index is 0.0626. The minimum Gasteiger partial charge on any atom is -0.504 e. The summed E-state index contributed by atoms with van der Waals surface area (Å²) in [7, 11) is -4.01. The molecule has 2 aromatic carbocycles. The maximum absolute atomic E-state index is 11.7. The third-order valence-electron chi connectivity index (χ3n) is 2.43. The quantitative estimate of drug-likeness (QED) is 0.889. The van der Waals surface area contributed by atoms with Gasteiger partial charge in [-0.25, -0.2) is 0 Å². The lowest BCUT2D eigenvalue weighted by atomic mass is 10.2. The summed E-state index contributed by atoms with van der Waals surface area (Å²) in [4.78, 5) is 0. The predicted octanol–water partition coefficient (Wildman–Crippen LogP) is 2.46. The zero-order valence-electron chi connectivity index (χ0n) is 10.3. The van der Waals surface area contributed by atoms with E-state index in [1.165, 1.54) is 12.1 Å². The molecule has 2 aromatic rings. The van der Waals surface area contributed by atoms with Crippen LogP contribution in [0.1, 0.15) is 5.56 Å². The molecule has 0 aromatic heterocycles. The van der Waals surface area contributed by atoms with E-state index in [9.17, 15) is 13.5 Å². The number of aromatic hydroxyl groups is 1. The highest BCUT2D eigenvalue weighted by atomic mass is 35.5. The number of benzene rings is 2. The Morgan fingerprint density at radius 3 is 2.40 bits per heavy atom. The first-order chi connectivity index (χ1) is 9.46. The Morgan fingerprint density at radius 1 is 1.10 bits per heavy atom. The van der Waals surface area contributed by atoms with E-state index < -0.39 is 10.3 Å². The molecule has 2 N–H and O–H groups in total. The first-order valence-electron chi connectivity index (χ1n) is 5.68. The monoisotopic (exact) mass is 313 g/mol. The Labute approximate surface area is 122 Å². The number of nitrogens with one attached hydrogen (secondary N) is 1. The topological polar surface area (TPSA) is 75.6 Å². The lowest BCUT2D eigenvalue weighted by Gasteiger charge is -2.09. The van der Waals surface area contributed by atoms with Crippen molar-refractivity contribution < 1.29 is 17.7 Å². The SMILES string of the molecule is O=S(=O)(NCc1ccc(Cl)cc1)Oc1ccccc1O. The van der Waals surface area contributed by atoms with Crippen molar-refractivity contribution in [3.05, 3.63) is 59.1 Å². The average molecular weight is 314 g/mol. The van der Waals surface area contributed by atoms with E-state index in [1.54, 1.807) is 36.4 Å². The lowest BCUT2D eigenvalue weighted by Crippen LogP contribution is -2.27. The fraction of sp³-hybridized carbons (Fsp3) is 0.0769. The summed E-state index contributed by atoms with van der Waals surface area (Å²) in [5, 5.41) is 10.0. The molecule has 5 nitrogen and oxygen atoms in total. The summed E-state index contributed by atoms with van der Waals surface area (Å²) in [6.07, 6.45) is 0. The number of hydrogen-bond donors (Lipinski definition) is 2. The van der Waals surface area contributed by atoms with Gasteiger partial charge in [-0.15, -0.1) is 0 Å². The van der Waals surface area contributed by atoms with Gasteiger partial charge in [0.2, 0.25) is 0 Å². The molecule has 0 spiro atoms. The molecule has 0 aliphatic carbocycles. The summed E-state index contributed by atoms with van der Waals surface area (Å²) in [6, 6.07) is 12.5. The first-order valence-corrected chi connectivity index (χ1v) is 7.46. The molecule has 0 fully saturated rings. The number of phenols is 1. The largest absolute Gasteiger partial charge is 0.504 e. The number of phenolic OH excluding ortho intramolecular Hbond substituents is 1. The van der Waals surface area contributed by atoms with Crippen LogP contribution in [0.4, 0.5) is 0 Å². The molecule has 7 heteroatoms. The molecule has 0 heterocycles. The second-order valence-electron chi connectivity index (χ2n) is 3.95. The van der Waals surface area contributed by atoms with Crippen molar-refractivity contribution in [3.8, 4) is 11.5 Å². The van der Waals surface area contributed by atoms with Crippen LogP contribution >= 0.6 is 11.6 Å². The molecule has 0 atom stereocenters. The molecule has 0 aliphatic rings. The Hall–Kier alpha value is -1.76. The van der Waals surface area contributed by atoms with Gasteiger partial charge in [0, 0.05) is 11.6 Å². The maximum Gasteiger partial charge on any atom is 0.383 e. The van der Waals surface area contributed by atoms with Gasteiger partial charge < -0.3 is 9.29 Å². The second-order valence-corrected chi connectivity index (χ2v) is 5.75. The predicted molar refractivity (Wildman–Crippen MR) is 75.9 cm³/mol. The van der Waals surface area contributed by atoms with E-state index >= 15 is 0 Å². The van der Waals surface area contributed by atoms with Crippen LogP contribution in [0, 0.1) is 0 Å². The van der Waals surface area contributed by atoms with Crippen LogP contribution < -0.4 is 8.91 Å². The van der Waals surface area contributed by atoms with Crippen LogP contribution in [0.3, 0.4) is 0 Å². The van der Waals surface area contributed by atoms with Crippen molar-refractivity contribution in [2.45, 2.75) is 6.54 Å². The van der Waals surface area contributed by atoms with Gasteiger partial charge in [0.05, 0.1) is 0 Å². The van der Waals surface area contributed by atoms with Crippen molar-refractivity contribution in [2.24, 2.45) is 0 Å². The maximum atomic E-state index is 11.7. The normalized spacial score (nSPS) is 11.2. The first kappa shape index (κ1) is 14.6. The molecular formula is C13H12ClNO4S. The van der Waals surface area contributed by atoms with Crippen LogP contribution in [0.25, 0.3) is 0 Å². The number of rotatable bonds is 5. The molecule has 106 valence electrons. The summed E-state index contributed by atoms with van der Waals surface area (Å²) in [5.41, 5.74) is 0.735. The van der Waals surface area contributed by atoms with E-state index in [4.69, 9.17) is 15.8 Å². The van der Waals surface area contributed by atoms with Crippen molar-refractivity contribution in [2.75, 3.05) is 0 Å². The molecule has 0 radical (unpaired) electrons. The summed E-state index contributed by atoms with van der Waals surface area (Å²) >= 11 is 5.74. The standard InChI is InChI=1S/C13H12ClNO4S/c14-11-7-5-10(6-8-11)9-15-20(17,18)19-13-4-2-1-3-12(13)16/h1-8,15-16H,9H2.